The first-order valence-corrected chi connectivity index (χ1v) is 6.02. The van der Waals surface area contributed by atoms with Crippen molar-refractivity contribution in [3.63, 3.8) is 0 Å². The number of carbonyl (C=O) groups is 1. The lowest BCUT2D eigenvalue weighted by Crippen LogP contribution is -2.10. The lowest BCUT2D eigenvalue weighted by Gasteiger charge is -2.19. The van der Waals surface area contributed by atoms with Crippen LogP contribution in [0.4, 0.5) is 0 Å². The first-order chi connectivity index (χ1) is 8.50. The number of rotatable bonds is 2. The van der Waals surface area contributed by atoms with Crippen LogP contribution in [0, 0.1) is 0 Å². The summed E-state index contributed by atoms with van der Waals surface area (Å²) in [5.74, 6) is 0. The number of benzene rings is 1. The third-order valence-electron chi connectivity index (χ3n) is 2.98. The second kappa shape index (κ2) is 4.73. The molecule has 0 saturated carbocycles. The molecule has 2 rings (SSSR count). The number of hydrogen-bond donors (Lipinski definition) is 0. The van der Waals surface area contributed by atoms with Gasteiger partial charge in [0.15, 0.2) is 6.29 Å². The summed E-state index contributed by atoms with van der Waals surface area (Å²) >= 11 is 0. The maximum atomic E-state index is 10.7. The van der Waals surface area contributed by atoms with Crippen molar-refractivity contribution < 1.29 is 4.79 Å². The van der Waals surface area contributed by atoms with Crippen LogP contribution in [0.25, 0.3) is 11.1 Å². The Kier molecular flexibility index (Phi) is 3.28. The number of aldehydes is 1. The van der Waals surface area contributed by atoms with Gasteiger partial charge in [-0.1, -0.05) is 45.0 Å². The second-order valence-corrected chi connectivity index (χ2v) is 5.45. The third-order valence-corrected chi connectivity index (χ3v) is 2.98. The first-order valence-electron chi connectivity index (χ1n) is 6.02. The SMILES string of the molecule is CC(C)(C)c1ccc(-c2cncc(C=O)c2)cc1. The van der Waals surface area contributed by atoms with Crippen molar-refractivity contribution >= 4 is 6.29 Å². The van der Waals surface area contributed by atoms with Crippen molar-refractivity contribution in [3.05, 3.63) is 53.9 Å². The van der Waals surface area contributed by atoms with E-state index in [2.05, 4.69) is 50.0 Å². The predicted octanol–water partition coefficient (Wildman–Crippen LogP) is 3.86. The molecule has 0 bridgehead atoms. The van der Waals surface area contributed by atoms with Gasteiger partial charge in [0, 0.05) is 23.5 Å². The van der Waals surface area contributed by atoms with Gasteiger partial charge in [-0.3, -0.25) is 9.78 Å². The highest BCUT2D eigenvalue weighted by molar-refractivity contribution is 5.77. The van der Waals surface area contributed by atoms with Crippen molar-refractivity contribution in [1.29, 1.82) is 0 Å². The van der Waals surface area contributed by atoms with Crippen LogP contribution in [0.15, 0.2) is 42.7 Å². The summed E-state index contributed by atoms with van der Waals surface area (Å²) in [6.07, 6.45) is 4.17. The van der Waals surface area contributed by atoms with Crippen molar-refractivity contribution in [2.24, 2.45) is 0 Å². The van der Waals surface area contributed by atoms with E-state index in [0.717, 1.165) is 17.4 Å². The van der Waals surface area contributed by atoms with Crippen LogP contribution in [0.1, 0.15) is 36.7 Å². The summed E-state index contributed by atoms with van der Waals surface area (Å²) in [5.41, 5.74) is 4.11. The smallest absolute Gasteiger partial charge is 0.151 e. The summed E-state index contributed by atoms with van der Waals surface area (Å²) in [4.78, 5) is 14.8. The molecule has 0 amide bonds. The maximum Gasteiger partial charge on any atom is 0.151 e. The summed E-state index contributed by atoms with van der Waals surface area (Å²) in [6, 6.07) is 10.3. The molecule has 0 aliphatic rings. The second-order valence-electron chi connectivity index (χ2n) is 5.45. The number of hydrogen-bond acceptors (Lipinski definition) is 2. The molecule has 2 nitrogen and oxygen atoms in total. The summed E-state index contributed by atoms with van der Waals surface area (Å²) < 4.78 is 0. The molecule has 1 aromatic heterocycles. The minimum atomic E-state index is 0.154. The first kappa shape index (κ1) is 12.5. The molecule has 92 valence electrons. The Morgan fingerprint density at radius 1 is 1.00 bits per heavy atom. The molecule has 0 saturated heterocycles. The van der Waals surface area contributed by atoms with Crippen molar-refractivity contribution in [2.75, 3.05) is 0 Å². The Labute approximate surface area is 108 Å². The average molecular weight is 239 g/mol. The Morgan fingerprint density at radius 2 is 1.67 bits per heavy atom. The summed E-state index contributed by atoms with van der Waals surface area (Å²) in [6.45, 7) is 6.57. The van der Waals surface area contributed by atoms with Crippen LogP contribution in [0.2, 0.25) is 0 Å². The topological polar surface area (TPSA) is 30.0 Å². The zero-order chi connectivity index (χ0) is 13.2. The number of carbonyl (C=O) groups excluding carboxylic acids is 1. The average Bonchev–Trinajstić information content (AvgIpc) is 2.38. The van der Waals surface area contributed by atoms with Crippen LogP contribution >= 0.6 is 0 Å². The molecule has 0 spiro atoms. The van der Waals surface area contributed by atoms with E-state index in [1.54, 1.807) is 12.4 Å². The Balaban J connectivity index is 2.37. The van der Waals surface area contributed by atoms with E-state index in [0.29, 0.717) is 5.56 Å². The van der Waals surface area contributed by atoms with Gasteiger partial charge >= 0.3 is 0 Å². The summed E-state index contributed by atoms with van der Waals surface area (Å²) in [7, 11) is 0. The van der Waals surface area contributed by atoms with Gasteiger partial charge in [-0.2, -0.15) is 0 Å². The van der Waals surface area contributed by atoms with Crippen LogP contribution in [-0.2, 0) is 5.41 Å². The molecule has 1 heterocycles. The van der Waals surface area contributed by atoms with Crippen molar-refractivity contribution in [1.82, 2.24) is 4.98 Å². The van der Waals surface area contributed by atoms with E-state index >= 15 is 0 Å². The minimum absolute atomic E-state index is 0.154. The largest absolute Gasteiger partial charge is 0.298 e. The Morgan fingerprint density at radius 3 is 2.22 bits per heavy atom. The number of aromatic nitrogens is 1. The van der Waals surface area contributed by atoms with E-state index in [1.165, 1.54) is 5.56 Å². The monoisotopic (exact) mass is 239 g/mol. The molecule has 2 heteroatoms. The van der Waals surface area contributed by atoms with Crippen LogP contribution in [0.5, 0.6) is 0 Å². The predicted molar refractivity (Wildman–Crippen MR) is 73.8 cm³/mol. The molecule has 0 aliphatic carbocycles. The maximum absolute atomic E-state index is 10.7. The van der Waals surface area contributed by atoms with Crippen LogP contribution in [0.3, 0.4) is 0 Å². The number of pyridine rings is 1. The molecule has 0 atom stereocenters. The van der Waals surface area contributed by atoms with E-state index in [9.17, 15) is 4.79 Å². The highest BCUT2D eigenvalue weighted by atomic mass is 16.1. The standard InChI is InChI=1S/C16H17NO/c1-16(2,3)15-6-4-13(5-7-15)14-8-12(11-18)9-17-10-14/h4-11H,1-3H3. The molecule has 2 aromatic rings. The molecule has 0 aliphatic heterocycles. The van der Waals surface area contributed by atoms with E-state index < -0.39 is 0 Å². The van der Waals surface area contributed by atoms with E-state index in [-0.39, 0.29) is 5.41 Å². The zero-order valence-electron chi connectivity index (χ0n) is 11.0. The molecule has 0 N–H and O–H groups in total. The fourth-order valence-electron chi connectivity index (χ4n) is 1.84. The quantitative estimate of drug-likeness (QED) is 0.745. The zero-order valence-corrected chi connectivity index (χ0v) is 11.0. The lowest BCUT2D eigenvalue weighted by molar-refractivity contribution is 0.112. The number of nitrogens with zero attached hydrogens (tertiary/aromatic N) is 1. The molecule has 1 aromatic carbocycles. The third kappa shape index (κ3) is 2.65. The molecular weight excluding hydrogens is 222 g/mol. The van der Waals surface area contributed by atoms with Gasteiger partial charge in [0.05, 0.1) is 0 Å². The normalized spacial score (nSPS) is 11.3. The van der Waals surface area contributed by atoms with Crippen molar-refractivity contribution in [3.8, 4) is 11.1 Å². The van der Waals surface area contributed by atoms with Gasteiger partial charge in [0.25, 0.3) is 0 Å². The Hall–Kier alpha value is -1.96. The minimum Gasteiger partial charge on any atom is -0.298 e. The molecule has 0 radical (unpaired) electrons. The Bertz CT molecular complexity index is 550. The van der Waals surface area contributed by atoms with Gasteiger partial charge in [0.2, 0.25) is 0 Å². The van der Waals surface area contributed by atoms with Gasteiger partial charge in [-0.05, 0) is 22.6 Å². The van der Waals surface area contributed by atoms with Gasteiger partial charge < -0.3 is 0 Å². The molecule has 0 fully saturated rings. The molecule has 0 unspecified atom stereocenters. The van der Waals surface area contributed by atoms with Crippen molar-refractivity contribution in [2.45, 2.75) is 26.2 Å². The highest BCUT2D eigenvalue weighted by Crippen LogP contribution is 2.25. The van der Waals surface area contributed by atoms with E-state index in [4.69, 9.17) is 0 Å². The summed E-state index contributed by atoms with van der Waals surface area (Å²) in [5, 5.41) is 0. The van der Waals surface area contributed by atoms with Crippen LogP contribution in [-0.4, -0.2) is 11.3 Å². The van der Waals surface area contributed by atoms with E-state index in [1.807, 2.05) is 6.07 Å². The van der Waals surface area contributed by atoms with Gasteiger partial charge in [0.1, 0.15) is 0 Å². The van der Waals surface area contributed by atoms with Gasteiger partial charge in [-0.15, -0.1) is 0 Å². The molecular formula is C16H17NO. The highest BCUT2D eigenvalue weighted by Gasteiger charge is 2.13. The molecule has 18 heavy (non-hydrogen) atoms. The fourth-order valence-corrected chi connectivity index (χ4v) is 1.84. The van der Waals surface area contributed by atoms with Gasteiger partial charge in [-0.25, -0.2) is 0 Å². The van der Waals surface area contributed by atoms with Crippen LogP contribution < -0.4 is 0 Å². The lowest BCUT2D eigenvalue weighted by atomic mass is 9.86. The fraction of sp³-hybridized carbons (Fsp3) is 0.250.